The van der Waals surface area contributed by atoms with Crippen LogP contribution in [0.25, 0.3) is 0 Å². The Morgan fingerprint density at radius 3 is 2.71 bits per heavy atom. The van der Waals surface area contributed by atoms with Crippen LogP contribution < -0.4 is 5.32 Å². The van der Waals surface area contributed by atoms with Gasteiger partial charge >= 0.3 is 0 Å². The third kappa shape index (κ3) is 4.43. The minimum Gasteiger partial charge on any atom is -0.343 e. The number of carbonyl (C=O) groups excluding carboxylic acids is 2. The van der Waals surface area contributed by atoms with Crippen LogP contribution in [0.3, 0.4) is 0 Å². The predicted octanol–water partition coefficient (Wildman–Crippen LogP) is 2.04. The number of aromatic nitrogens is 1. The molecular formula is C15H20ClN3O2. The largest absolute Gasteiger partial charge is 0.343 e. The molecule has 0 spiro atoms. The van der Waals surface area contributed by atoms with Crippen molar-refractivity contribution in [2.75, 3.05) is 19.6 Å². The van der Waals surface area contributed by atoms with E-state index in [4.69, 9.17) is 11.6 Å². The fraction of sp³-hybridized carbons (Fsp3) is 0.533. The first kappa shape index (κ1) is 15.8. The van der Waals surface area contributed by atoms with E-state index in [-0.39, 0.29) is 18.4 Å². The van der Waals surface area contributed by atoms with Gasteiger partial charge in [-0.25, -0.2) is 4.98 Å². The summed E-state index contributed by atoms with van der Waals surface area (Å²) < 4.78 is 0. The Kier molecular flexibility index (Phi) is 5.56. The molecule has 21 heavy (non-hydrogen) atoms. The average Bonchev–Trinajstić information content (AvgIpc) is 2.98. The van der Waals surface area contributed by atoms with Gasteiger partial charge in [0.2, 0.25) is 5.91 Å². The van der Waals surface area contributed by atoms with Gasteiger partial charge in [0.05, 0.1) is 6.54 Å². The molecule has 6 heteroatoms. The molecule has 5 nitrogen and oxygen atoms in total. The van der Waals surface area contributed by atoms with Crippen molar-refractivity contribution in [2.45, 2.75) is 32.6 Å². The van der Waals surface area contributed by atoms with E-state index < -0.39 is 0 Å². The number of hydrogen-bond donors (Lipinski definition) is 1. The van der Waals surface area contributed by atoms with Gasteiger partial charge in [-0.05, 0) is 31.4 Å². The van der Waals surface area contributed by atoms with Crippen LogP contribution in [-0.4, -0.2) is 41.3 Å². The third-order valence-corrected chi connectivity index (χ3v) is 3.67. The lowest BCUT2D eigenvalue weighted by molar-refractivity contribution is -0.129. The Hall–Kier alpha value is -1.62. The molecule has 0 aromatic carbocycles. The SMILES string of the molecule is CCCc1cc(C(=O)NCC(=O)N2CCCC2)cc(Cl)n1. The number of carbonyl (C=O) groups is 2. The van der Waals surface area contributed by atoms with Crippen LogP contribution in [-0.2, 0) is 11.2 Å². The van der Waals surface area contributed by atoms with Gasteiger partial charge in [0.1, 0.15) is 5.15 Å². The van der Waals surface area contributed by atoms with Crippen LogP contribution in [0, 0.1) is 0 Å². The standard InChI is InChI=1S/C15H20ClN3O2/c1-2-5-12-8-11(9-13(16)18-12)15(21)17-10-14(20)19-6-3-4-7-19/h8-9H,2-7,10H2,1H3,(H,17,21). The molecule has 0 aliphatic carbocycles. The Morgan fingerprint density at radius 2 is 2.05 bits per heavy atom. The summed E-state index contributed by atoms with van der Waals surface area (Å²) in [5.41, 5.74) is 1.24. The van der Waals surface area contributed by atoms with Gasteiger partial charge in [0, 0.05) is 24.3 Å². The summed E-state index contributed by atoms with van der Waals surface area (Å²) in [6.45, 7) is 3.64. The first-order valence-electron chi connectivity index (χ1n) is 7.32. The van der Waals surface area contributed by atoms with Crippen molar-refractivity contribution >= 4 is 23.4 Å². The minimum atomic E-state index is -0.288. The molecule has 1 aliphatic rings. The van der Waals surface area contributed by atoms with Crippen LogP contribution in [0.4, 0.5) is 0 Å². The van der Waals surface area contributed by atoms with E-state index >= 15 is 0 Å². The first-order chi connectivity index (χ1) is 10.1. The third-order valence-electron chi connectivity index (χ3n) is 3.47. The molecule has 1 N–H and O–H groups in total. The van der Waals surface area contributed by atoms with Crippen LogP contribution in [0.1, 0.15) is 42.2 Å². The summed E-state index contributed by atoms with van der Waals surface area (Å²) in [5, 5.41) is 2.96. The molecule has 1 aliphatic heterocycles. The van der Waals surface area contributed by atoms with Crippen LogP contribution in [0.2, 0.25) is 5.15 Å². The van der Waals surface area contributed by atoms with Gasteiger partial charge in [-0.3, -0.25) is 9.59 Å². The summed E-state index contributed by atoms with van der Waals surface area (Å²) in [5.74, 6) is -0.320. The lowest BCUT2D eigenvalue weighted by Gasteiger charge is -2.15. The molecule has 1 aromatic rings. The minimum absolute atomic E-state index is 0.0296. The van der Waals surface area contributed by atoms with Gasteiger partial charge in [0.15, 0.2) is 0 Å². The molecule has 0 unspecified atom stereocenters. The molecule has 0 saturated carbocycles. The van der Waals surface area contributed by atoms with Gasteiger partial charge in [0.25, 0.3) is 5.91 Å². The van der Waals surface area contributed by atoms with Crippen molar-refractivity contribution in [2.24, 2.45) is 0 Å². The highest BCUT2D eigenvalue weighted by atomic mass is 35.5. The summed E-state index contributed by atoms with van der Waals surface area (Å²) in [4.78, 5) is 29.9. The molecule has 2 rings (SSSR count). The molecule has 1 aromatic heterocycles. The van der Waals surface area contributed by atoms with Gasteiger partial charge < -0.3 is 10.2 Å². The van der Waals surface area contributed by atoms with Crippen molar-refractivity contribution in [3.05, 3.63) is 28.5 Å². The molecular weight excluding hydrogens is 290 g/mol. The number of rotatable bonds is 5. The highest BCUT2D eigenvalue weighted by molar-refractivity contribution is 6.29. The van der Waals surface area contributed by atoms with Crippen LogP contribution in [0.5, 0.6) is 0 Å². The fourth-order valence-corrected chi connectivity index (χ4v) is 2.63. The Labute approximate surface area is 129 Å². The van der Waals surface area contributed by atoms with Crippen molar-refractivity contribution < 1.29 is 9.59 Å². The first-order valence-corrected chi connectivity index (χ1v) is 7.70. The zero-order valence-electron chi connectivity index (χ0n) is 12.2. The summed E-state index contributed by atoms with van der Waals surface area (Å²) in [6.07, 6.45) is 3.79. The Bertz CT molecular complexity index is 528. The Morgan fingerprint density at radius 1 is 1.33 bits per heavy atom. The quantitative estimate of drug-likeness (QED) is 0.847. The number of nitrogens with zero attached hydrogens (tertiary/aromatic N) is 2. The van der Waals surface area contributed by atoms with Gasteiger partial charge in [-0.2, -0.15) is 0 Å². The van der Waals surface area contributed by atoms with Crippen molar-refractivity contribution in [1.29, 1.82) is 0 Å². The molecule has 114 valence electrons. The molecule has 0 atom stereocenters. The Balaban J connectivity index is 1.94. The summed E-state index contributed by atoms with van der Waals surface area (Å²) in [7, 11) is 0. The number of pyridine rings is 1. The van der Waals surface area contributed by atoms with E-state index in [0.717, 1.165) is 44.5 Å². The number of hydrogen-bond acceptors (Lipinski definition) is 3. The second kappa shape index (κ2) is 7.41. The topological polar surface area (TPSA) is 62.3 Å². The van der Waals surface area contributed by atoms with Crippen LogP contribution in [0.15, 0.2) is 12.1 Å². The van der Waals surface area contributed by atoms with E-state index in [9.17, 15) is 9.59 Å². The van der Waals surface area contributed by atoms with Gasteiger partial charge in [-0.1, -0.05) is 24.9 Å². The maximum absolute atomic E-state index is 12.1. The van der Waals surface area contributed by atoms with Crippen molar-refractivity contribution in [3.63, 3.8) is 0 Å². The second-order valence-corrected chi connectivity index (χ2v) is 5.58. The van der Waals surface area contributed by atoms with E-state index in [1.54, 1.807) is 11.0 Å². The average molecular weight is 310 g/mol. The monoisotopic (exact) mass is 309 g/mol. The van der Waals surface area contributed by atoms with Crippen LogP contribution >= 0.6 is 11.6 Å². The summed E-state index contributed by atoms with van der Waals surface area (Å²) in [6, 6.07) is 3.25. The van der Waals surface area contributed by atoms with Crippen molar-refractivity contribution in [1.82, 2.24) is 15.2 Å². The highest BCUT2D eigenvalue weighted by Crippen LogP contribution is 2.12. The lowest BCUT2D eigenvalue weighted by atomic mass is 10.1. The smallest absolute Gasteiger partial charge is 0.251 e. The van der Waals surface area contributed by atoms with Crippen molar-refractivity contribution in [3.8, 4) is 0 Å². The second-order valence-electron chi connectivity index (χ2n) is 5.19. The lowest BCUT2D eigenvalue weighted by Crippen LogP contribution is -2.38. The predicted molar refractivity (Wildman–Crippen MR) is 81.4 cm³/mol. The van der Waals surface area contributed by atoms with E-state index in [2.05, 4.69) is 10.3 Å². The number of amides is 2. The number of aryl methyl sites for hydroxylation is 1. The maximum atomic E-state index is 12.1. The molecule has 2 amide bonds. The molecule has 0 bridgehead atoms. The van der Waals surface area contributed by atoms with Gasteiger partial charge in [-0.15, -0.1) is 0 Å². The molecule has 2 heterocycles. The molecule has 1 saturated heterocycles. The van der Waals surface area contributed by atoms with E-state index in [1.165, 1.54) is 6.07 Å². The molecule has 0 radical (unpaired) electrons. The zero-order valence-corrected chi connectivity index (χ0v) is 12.9. The van der Waals surface area contributed by atoms with E-state index in [0.29, 0.717) is 10.7 Å². The number of halogens is 1. The highest BCUT2D eigenvalue weighted by Gasteiger charge is 2.18. The normalized spacial score (nSPS) is 14.3. The number of likely N-dealkylation sites (tertiary alicyclic amines) is 1. The maximum Gasteiger partial charge on any atom is 0.251 e. The summed E-state index contributed by atoms with van der Waals surface area (Å²) >= 11 is 5.93. The van der Waals surface area contributed by atoms with E-state index in [1.807, 2.05) is 6.92 Å². The zero-order chi connectivity index (χ0) is 15.2. The number of nitrogens with one attached hydrogen (secondary N) is 1. The molecule has 1 fully saturated rings. The fourth-order valence-electron chi connectivity index (χ4n) is 2.40.